The number of carbonyl (C=O) groups is 2. The van der Waals surface area contributed by atoms with Gasteiger partial charge < -0.3 is 4.90 Å². The highest BCUT2D eigenvalue weighted by Gasteiger charge is 2.39. The fourth-order valence-electron chi connectivity index (χ4n) is 4.32. The Bertz CT molecular complexity index is 1020. The summed E-state index contributed by atoms with van der Waals surface area (Å²) in [4.78, 5) is 26.7. The molecule has 2 rings (SSSR count). The molecule has 0 bridgehead atoms. The summed E-state index contributed by atoms with van der Waals surface area (Å²) in [5.41, 5.74) is 0.672. The topological polar surface area (TPSA) is 62.1 Å². The van der Waals surface area contributed by atoms with Crippen LogP contribution in [0, 0.1) is 0 Å². The average Bonchev–Trinajstić information content (AvgIpc) is 2.93. The maximum absolute atomic E-state index is 13.3. The van der Waals surface area contributed by atoms with Crippen molar-refractivity contribution < 1.29 is 22.8 Å². The number of nitrogens with zero attached hydrogens (tertiary/aromatic N) is 3. The fraction of sp³-hybridized carbons (Fsp3) is 0.548. The number of unbranched alkanes of at least 4 members (excludes halogenated alkanes) is 10. The first-order chi connectivity index (χ1) is 18.8. The van der Waals surface area contributed by atoms with Gasteiger partial charge in [0.15, 0.2) is 0 Å². The second-order valence-corrected chi connectivity index (χ2v) is 9.95. The molecule has 0 radical (unpaired) electrons. The van der Waals surface area contributed by atoms with Crippen molar-refractivity contribution in [3.05, 3.63) is 59.7 Å². The Labute approximate surface area is 230 Å². The first kappa shape index (κ1) is 32.2. The highest BCUT2D eigenvalue weighted by Crippen LogP contribution is 2.25. The van der Waals surface area contributed by atoms with Crippen molar-refractivity contribution in [2.45, 2.75) is 97.1 Å². The molecule has 0 atom stereocenters. The molecule has 0 fully saturated rings. The van der Waals surface area contributed by atoms with Gasteiger partial charge in [-0.1, -0.05) is 90.2 Å². The molecule has 2 aromatic rings. The monoisotopic (exact) mass is 545 g/mol. The van der Waals surface area contributed by atoms with Crippen LogP contribution < -0.4 is 0 Å². The van der Waals surface area contributed by atoms with Crippen molar-refractivity contribution >= 4 is 23.1 Å². The first-order valence-corrected chi connectivity index (χ1v) is 14.3. The first-order valence-electron chi connectivity index (χ1n) is 14.3. The third kappa shape index (κ3) is 12.1. The Balaban J connectivity index is 2.00. The van der Waals surface area contributed by atoms with Gasteiger partial charge in [-0.2, -0.15) is 23.4 Å². The molecule has 0 aromatic heterocycles. The predicted molar refractivity (Wildman–Crippen MR) is 150 cm³/mol. The van der Waals surface area contributed by atoms with Gasteiger partial charge >= 0.3 is 6.18 Å². The summed E-state index contributed by atoms with van der Waals surface area (Å²) in [6, 6.07) is 11.7. The van der Waals surface area contributed by atoms with Crippen LogP contribution in [0.3, 0.4) is 0 Å². The number of hydrogen-bond acceptors (Lipinski definition) is 4. The number of amides is 1. The van der Waals surface area contributed by atoms with Gasteiger partial charge in [0.2, 0.25) is 0 Å². The van der Waals surface area contributed by atoms with E-state index in [2.05, 4.69) is 24.1 Å². The van der Waals surface area contributed by atoms with Gasteiger partial charge in [0.1, 0.15) is 0 Å². The Morgan fingerprint density at radius 2 is 1.18 bits per heavy atom. The van der Waals surface area contributed by atoms with Crippen molar-refractivity contribution in [1.82, 2.24) is 4.90 Å². The third-order valence-electron chi connectivity index (χ3n) is 6.61. The lowest BCUT2D eigenvalue weighted by Crippen LogP contribution is -2.33. The number of rotatable bonds is 18. The molecule has 0 aliphatic carbocycles. The van der Waals surface area contributed by atoms with E-state index in [1.54, 1.807) is 24.3 Å². The maximum Gasteiger partial charge on any atom is 0.454 e. The zero-order valence-electron chi connectivity index (χ0n) is 23.3. The molecule has 8 heteroatoms. The van der Waals surface area contributed by atoms with Crippen molar-refractivity contribution in [2.75, 3.05) is 13.1 Å². The highest BCUT2D eigenvalue weighted by atomic mass is 19.4. The van der Waals surface area contributed by atoms with E-state index in [0.717, 1.165) is 50.9 Å². The largest absolute Gasteiger partial charge is 0.454 e. The third-order valence-corrected chi connectivity index (χ3v) is 6.61. The summed E-state index contributed by atoms with van der Waals surface area (Å²) >= 11 is 0. The lowest BCUT2D eigenvalue weighted by atomic mass is 10.1. The van der Waals surface area contributed by atoms with Crippen LogP contribution in [0.2, 0.25) is 0 Å². The number of ketones is 1. The lowest BCUT2D eigenvalue weighted by Gasteiger charge is -2.23. The summed E-state index contributed by atoms with van der Waals surface area (Å²) in [6.45, 7) is 5.89. The van der Waals surface area contributed by atoms with E-state index < -0.39 is 17.5 Å². The standard InChI is InChI=1S/C31H42F3N3O2/c1-3-5-7-9-11-13-22-37(23-14-12-10-8-6-4-2)30(39)25-18-20-27(21-19-25)35-36-28-17-15-16-26(24-28)29(38)31(32,33)34/h15-21,24H,3-14,22-23H2,1-2H3. The minimum Gasteiger partial charge on any atom is -0.339 e. The summed E-state index contributed by atoms with van der Waals surface area (Å²) < 4.78 is 38.1. The Morgan fingerprint density at radius 1 is 0.667 bits per heavy atom. The van der Waals surface area contributed by atoms with E-state index >= 15 is 0 Å². The molecular formula is C31H42F3N3O2. The second kappa shape index (κ2) is 17.5. The maximum atomic E-state index is 13.3. The average molecular weight is 546 g/mol. The van der Waals surface area contributed by atoms with E-state index in [1.165, 1.54) is 63.5 Å². The van der Waals surface area contributed by atoms with Crippen LogP contribution in [0.5, 0.6) is 0 Å². The zero-order valence-corrected chi connectivity index (χ0v) is 23.3. The van der Waals surface area contributed by atoms with Crippen LogP contribution in [0.1, 0.15) is 112 Å². The zero-order chi connectivity index (χ0) is 28.5. The molecule has 0 aliphatic heterocycles. The number of hydrogen-bond donors (Lipinski definition) is 0. The van der Waals surface area contributed by atoms with Gasteiger partial charge in [-0.15, -0.1) is 0 Å². The molecule has 0 heterocycles. The smallest absolute Gasteiger partial charge is 0.339 e. The summed E-state index contributed by atoms with van der Waals surface area (Å²) in [5, 5.41) is 8.03. The van der Waals surface area contributed by atoms with Crippen molar-refractivity contribution in [3.8, 4) is 0 Å². The van der Waals surface area contributed by atoms with Gasteiger partial charge in [0.25, 0.3) is 11.7 Å². The molecular weight excluding hydrogens is 503 g/mol. The molecule has 0 saturated carbocycles. The molecule has 214 valence electrons. The number of azo groups is 1. The second-order valence-electron chi connectivity index (χ2n) is 9.95. The van der Waals surface area contributed by atoms with Gasteiger partial charge in [-0.3, -0.25) is 9.59 Å². The van der Waals surface area contributed by atoms with Gasteiger partial charge in [0.05, 0.1) is 11.4 Å². The van der Waals surface area contributed by atoms with E-state index in [1.807, 2.05) is 4.90 Å². The van der Waals surface area contributed by atoms with Gasteiger partial charge in [-0.25, -0.2) is 0 Å². The molecule has 0 unspecified atom stereocenters. The van der Waals surface area contributed by atoms with Crippen LogP contribution in [-0.4, -0.2) is 35.9 Å². The molecule has 0 N–H and O–H groups in total. The number of alkyl halides is 3. The number of benzene rings is 2. The molecule has 5 nitrogen and oxygen atoms in total. The number of Topliss-reactive ketones (excluding diaryl/α,β-unsaturated/α-hetero) is 1. The molecule has 0 spiro atoms. The van der Waals surface area contributed by atoms with Crippen molar-refractivity contribution in [3.63, 3.8) is 0 Å². The van der Waals surface area contributed by atoms with E-state index in [9.17, 15) is 22.8 Å². The van der Waals surface area contributed by atoms with Crippen LogP contribution in [0.25, 0.3) is 0 Å². The molecule has 0 aliphatic rings. The molecule has 1 amide bonds. The minimum absolute atomic E-state index is 0.000954. The summed E-state index contributed by atoms with van der Waals surface area (Å²) in [6.07, 6.45) is 9.07. The minimum atomic E-state index is -4.95. The van der Waals surface area contributed by atoms with Gasteiger partial charge in [-0.05, 0) is 49.2 Å². The normalized spacial score (nSPS) is 11.7. The van der Waals surface area contributed by atoms with Gasteiger partial charge in [0, 0.05) is 24.2 Å². The highest BCUT2D eigenvalue weighted by molar-refractivity contribution is 6.00. The van der Waals surface area contributed by atoms with E-state index in [-0.39, 0.29) is 11.6 Å². The summed E-state index contributed by atoms with van der Waals surface area (Å²) in [5.74, 6) is -1.92. The summed E-state index contributed by atoms with van der Waals surface area (Å²) in [7, 11) is 0. The number of halogens is 3. The molecule has 2 aromatic carbocycles. The Morgan fingerprint density at radius 3 is 1.72 bits per heavy atom. The quantitative estimate of drug-likeness (QED) is 0.106. The van der Waals surface area contributed by atoms with Crippen LogP contribution >= 0.6 is 0 Å². The number of carbonyl (C=O) groups excluding carboxylic acids is 2. The lowest BCUT2D eigenvalue weighted by molar-refractivity contribution is -0.0885. The molecule has 0 saturated heterocycles. The van der Waals surface area contributed by atoms with Crippen LogP contribution in [0.15, 0.2) is 58.8 Å². The Kier molecular flexibility index (Phi) is 14.5. The SMILES string of the molecule is CCCCCCCCN(CCCCCCCC)C(=O)c1ccc(N=Nc2cccc(C(=O)C(F)(F)F)c2)cc1. The predicted octanol–water partition coefficient (Wildman–Crippen LogP) is 10.0. The van der Waals surface area contributed by atoms with E-state index in [4.69, 9.17) is 0 Å². The Hall–Kier alpha value is -3.03. The fourth-order valence-corrected chi connectivity index (χ4v) is 4.32. The van der Waals surface area contributed by atoms with Crippen molar-refractivity contribution in [1.29, 1.82) is 0 Å². The van der Waals surface area contributed by atoms with Crippen LogP contribution in [-0.2, 0) is 0 Å². The van der Waals surface area contributed by atoms with Crippen molar-refractivity contribution in [2.24, 2.45) is 10.2 Å². The molecule has 39 heavy (non-hydrogen) atoms. The van der Waals surface area contributed by atoms with E-state index in [0.29, 0.717) is 11.3 Å². The van der Waals surface area contributed by atoms with Crippen LogP contribution in [0.4, 0.5) is 24.5 Å².